The standard InChI is InChI=1S/C20H30N2O6S/c1-6-22(7-2)29(25,26)17-9-8-14(3)18(10-17)20(24)27-13-19(23)21-11-15(4)28-16(5)12-21/h8-10,15-16H,6-7,11-13H2,1-5H3/t15-,16-/m1/s1. The Hall–Kier alpha value is -1.97. The van der Waals surface area contributed by atoms with E-state index < -0.39 is 22.6 Å². The van der Waals surface area contributed by atoms with Gasteiger partial charge in [-0.15, -0.1) is 0 Å². The van der Waals surface area contributed by atoms with Gasteiger partial charge in [-0.3, -0.25) is 4.79 Å². The van der Waals surface area contributed by atoms with Gasteiger partial charge in [0, 0.05) is 26.2 Å². The number of amides is 1. The van der Waals surface area contributed by atoms with Gasteiger partial charge in [0.05, 0.1) is 22.7 Å². The van der Waals surface area contributed by atoms with E-state index in [-0.39, 0.29) is 28.6 Å². The lowest BCUT2D eigenvalue weighted by molar-refractivity contribution is -0.146. The molecule has 0 bridgehead atoms. The summed E-state index contributed by atoms with van der Waals surface area (Å²) in [6, 6.07) is 4.36. The van der Waals surface area contributed by atoms with Crippen molar-refractivity contribution in [2.45, 2.75) is 51.7 Å². The number of esters is 1. The summed E-state index contributed by atoms with van der Waals surface area (Å²) in [5, 5.41) is 0. The van der Waals surface area contributed by atoms with Crippen LogP contribution in [0.2, 0.25) is 0 Å². The molecule has 0 N–H and O–H groups in total. The number of carbonyl (C=O) groups excluding carboxylic acids is 2. The van der Waals surface area contributed by atoms with E-state index in [1.165, 1.54) is 16.4 Å². The summed E-state index contributed by atoms with van der Waals surface area (Å²) in [5.74, 6) is -1.02. The van der Waals surface area contributed by atoms with Crippen molar-refractivity contribution in [3.05, 3.63) is 29.3 Å². The van der Waals surface area contributed by atoms with Gasteiger partial charge in [-0.2, -0.15) is 4.31 Å². The van der Waals surface area contributed by atoms with E-state index in [1.807, 2.05) is 13.8 Å². The molecule has 0 saturated carbocycles. The number of ether oxygens (including phenoxy) is 2. The molecule has 8 nitrogen and oxygen atoms in total. The maximum absolute atomic E-state index is 12.7. The second kappa shape index (κ2) is 9.69. The van der Waals surface area contributed by atoms with E-state index in [2.05, 4.69) is 0 Å². The van der Waals surface area contributed by atoms with Crippen molar-refractivity contribution in [1.82, 2.24) is 9.21 Å². The summed E-state index contributed by atoms with van der Waals surface area (Å²) in [6.07, 6.45) is -0.162. The summed E-state index contributed by atoms with van der Waals surface area (Å²) in [7, 11) is -3.70. The lowest BCUT2D eigenvalue weighted by Gasteiger charge is -2.35. The quantitative estimate of drug-likeness (QED) is 0.618. The van der Waals surface area contributed by atoms with E-state index in [9.17, 15) is 18.0 Å². The van der Waals surface area contributed by atoms with E-state index in [1.54, 1.807) is 31.7 Å². The largest absolute Gasteiger partial charge is 0.452 e. The van der Waals surface area contributed by atoms with E-state index in [0.29, 0.717) is 31.7 Å². The molecule has 1 aromatic rings. The summed E-state index contributed by atoms with van der Waals surface area (Å²) < 4.78 is 37.5. The van der Waals surface area contributed by atoms with Gasteiger partial charge in [0.25, 0.3) is 5.91 Å². The molecule has 1 aromatic carbocycles. The monoisotopic (exact) mass is 426 g/mol. The first-order valence-electron chi connectivity index (χ1n) is 9.81. The molecule has 0 unspecified atom stereocenters. The zero-order valence-electron chi connectivity index (χ0n) is 17.7. The Kier molecular flexibility index (Phi) is 7.79. The average molecular weight is 427 g/mol. The molecule has 29 heavy (non-hydrogen) atoms. The van der Waals surface area contributed by atoms with E-state index in [0.717, 1.165) is 0 Å². The van der Waals surface area contributed by atoms with Crippen LogP contribution in [0.25, 0.3) is 0 Å². The highest BCUT2D eigenvalue weighted by Crippen LogP contribution is 2.20. The minimum Gasteiger partial charge on any atom is -0.452 e. The predicted octanol–water partition coefficient (Wildman–Crippen LogP) is 1.82. The molecule has 1 heterocycles. The van der Waals surface area contributed by atoms with Gasteiger partial charge in [-0.1, -0.05) is 19.9 Å². The molecule has 162 valence electrons. The molecule has 0 aliphatic carbocycles. The molecular weight excluding hydrogens is 396 g/mol. The molecule has 2 atom stereocenters. The average Bonchev–Trinajstić information content (AvgIpc) is 2.66. The Morgan fingerprint density at radius 2 is 1.76 bits per heavy atom. The van der Waals surface area contributed by atoms with Crippen LogP contribution in [0.15, 0.2) is 23.1 Å². The zero-order valence-corrected chi connectivity index (χ0v) is 18.5. The normalized spacial score (nSPS) is 20.0. The molecule has 1 aliphatic rings. The second-order valence-electron chi connectivity index (χ2n) is 7.20. The van der Waals surface area contributed by atoms with E-state index >= 15 is 0 Å². The van der Waals surface area contributed by atoms with Gasteiger partial charge < -0.3 is 14.4 Å². The summed E-state index contributed by atoms with van der Waals surface area (Å²) in [6.45, 7) is 10.1. The molecular formula is C20H30N2O6S. The molecule has 0 aromatic heterocycles. The van der Waals surface area contributed by atoms with Crippen LogP contribution < -0.4 is 0 Å². The van der Waals surface area contributed by atoms with Gasteiger partial charge in [0.1, 0.15) is 0 Å². The maximum Gasteiger partial charge on any atom is 0.338 e. The number of morpholine rings is 1. The third-order valence-corrected chi connectivity index (χ3v) is 6.92. The molecule has 0 radical (unpaired) electrons. The third kappa shape index (κ3) is 5.55. The Morgan fingerprint density at radius 1 is 1.17 bits per heavy atom. The molecule has 1 aliphatic heterocycles. The van der Waals surface area contributed by atoms with Crippen LogP contribution >= 0.6 is 0 Å². The third-order valence-electron chi connectivity index (χ3n) is 4.87. The number of benzene rings is 1. The van der Waals surface area contributed by atoms with Crippen molar-refractivity contribution in [1.29, 1.82) is 0 Å². The smallest absolute Gasteiger partial charge is 0.338 e. The number of hydrogen-bond acceptors (Lipinski definition) is 6. The highest BCUT2D eigenvalue weighted by atomic mass is 32.2. The highest BCUT2D eigenvalue weighted by Gasteiger charge is 2.27. The van der Waals surface area contributed by atoms with Crippen molar-refractivity contribution in [3.63, 3.8) is 0 Å². The number of sulfonamides is 1. The molecule has 0 spiro atoms. The van der Waals surface area contributed by atoms with Gasteiger partial charge >= 0.3 is 5.97 Å². The topological polar surface area (TPSA) is 93.2 Å². The molecule has 2 rings (SSSR count). The van der Waals surface area contributed by atoms with Crippen molar-refractivity contribution < 1.29 is 27.5 Å². The fourth-order valence-electron chi connectivity index (χ4n) is 3.37. The maximum atomic E-state index is 12.7. The van der Waals surface area contributed by atoms with Crippen LogP contribution in [0, 0.1) is 6.92 Å². The number of hydrogen-bond donors (Lipinski definition) is 0. The number of nitrogens with zero attached hydrogens (tertiary/aromatic N) is 2. The Bertz CT molecular complexity index is 841. The van der Waals surface area contributed by atoms with Crippen molar-refractivity contribution >= 4 is 21.9 Å². The minimum atomic E-state index is -3.70. The van der Waals surface area contributed by atoms with Gasteiger partial charge in [0.2, 0.25) is 10.0 Å². The number of rotatable bonds is 7. The van der Waals surface area contributed by atoms with Crippen LogP contribution in [0.3, 0.4) is 0 Å². The van der Waals surface area contributed by atoms with Crippen molar-refractivity contribution in [3.8, 4) is 0 Å². The highest BCUT2D eigenvalue weighted by molar-refractivity contribution is 7.89. The van der Waals surface area contributed by atoms with Gasteiger partial charge in [0.15, 0.2) is 6.61 Å². The van der Waals surface area contributed by atoms with Crippen LogP contribution in [-0.4, -0.2) is 74.5 Å². The van der Waals surface area contributed by atoms with Crippen LogP contribution in [-0.2, 0) is 24.3 Å². The fourth-order valence-corrected chi connectivity index (χ4v) is 4.86. The predicted molar refractivity (Wildman–Crippen MR) is 108 cm³/mol. The van der Waals surface area contributed by atoms with Crippen LogP contribution in [0.1, 0.15) is 43.6 Å². The van der Waals surface area contributed by atoms with Gasteiger partial charge in [-0.05, 0) is 38.5 Å². The minimum absolute atomic E-state index is 0.0286. The lowest BCUT2D eigenvalue weighted by atomic mass is 10.1. The summed E-state index contributed by atoms with van der Waals surface area (Å²) in [5.41, 5.74) is 0.712. The second-order valence-corrected chi connectivity index (χ2v) is 9.14. The zero-order chi connectivity index (χ0) is 21.8. The molecule has 9 heteroatoms. The van der Waals surface area contributed by atoms with E-state index in [4.69, 9.17) is 9.47 Å². The Morgan fingerprint density at radius 3 is 2.31 bits per heavy atom. The molecule has 1 saturated heterocycles. The molecule has 1 fully saturated rings. The SMILES string of the molecule is CCN(CC)S(=O)(=O)c1ccc(C)c(C(=O)OCC(=O)N2C[C@@H](C)O[C@H](C)C2)c1. The molecule has 1 amide bonds. The first-order chi connectivity index (χ1) is 13.6. The van der Waals surface area contributed by atoms with Gasteiger partial charge in [-0.25, -0.2) is 13.2 Å². The summed E-state index contributed by atoms with van der Waals surface area (Å²) in [4.78, 5) is 26.6. The number of aryl methyl sites for hydroxylation is 1. The lowest BCUT2D eigenvalue weighted by Crippen LogP contribution is -2.49. The van der Waals surface area contributed by atoms with Crippen LogP contribution in [0.5, 0.6) is 0 Å². The first kappa shape index (κ1) is 23.3. The Labute approximate surface area is 172 Å². The summed E-state index contributed by atoms with van der Waals surface area (Å²) >= 11 is 0. The van der Waals surface area contributed by atoms with Crippen LogP contribution in [0.4, 0.5) is 0 Å². The van der Waals surface area contributed by atoms with Crippen molar-refractivity contribution in [2.75, 3.05) is 32.8 Å². The fraction of sp³-hybridized carbons (Fsp3) is 0.600. The first-order valence-corrected chi connectivity index (χ1v) is 11.2. The number of carbonyl (C=O) groups is 2. The van der Waals surface area contributed by atoms with Crippen molar-refractivity contribution in [2.24, 2.45) is 0 Å². The Balaban J connectivity index is 2.12.